The van der Waals surface area contributed by atoms with Gasteiger partial charge < -0.3 is 5.32 Å². The van der Waals surface area contributed by atoms with Crippen molar-refractivity contribution in [3.8, 4) is 11.4 Å². The number of halogens is 3. The molecule has 0 atom stereocenters. The highest BCUT2D eigenvalue weighted by Gasteiger charge is 2.34. The Morgan fingerprint density at radius 3 is 2.50 bits per heavy atom. The summed E-state index contributed by atoms with van der Waals surface area (Å²) in [6.07, 6.45) is -2.90. The second-order valence-corrected chi connectivity index (χ2v) is 6.55. The minimum absolute atomic E-state index is 0.0306. The number of hydrogen-bond acceptors (Lipinski definition) is 5. The van der Waals surface area contributed by atoms with Crippen LogP contribution in [0.15, 0.2) is 66.9 Å². The van der Waals surface area contributed by atoms with Gasteiger partial charge in [-0.25, -0.2) is 9.97 Å². The van der Waals surface area contributed by atoms with Crippen molar-refractivity contribution in [2.75, 3.05) is 5.32 Å². The van der Waals surface area contributed by atoms with Crippen LogP contribution in [0.4, 0.5) is 24.8 Å². The summed E-state index contributed by atoms with van der Waals surface area (Å²) in [7, 11) is 0. The largest absolute Gasteiger partial charge is 0.417 e. The average molecular weight is 406 g/mol. The minimum atomic E-state index is -4.53. The molecule has 5 aromatic rings. The molecule has 9 heteroatoms. The van der Waals surface area contributed by atoms with E-state index in [1.54, 1.807) is 36.5 Å². The third-order valence-corrected chi connectivity index (χ3v) is 4.63. The van der Waals surface area contributed by atoms with Gasteiger partial charge in [-0.2, -0.15) is 18.3 Å². The molecule has 2 aromatic carbocycles. The molecule has 0 bridgehead atoms. The molecule has 3 heterocycles. The molecule has 148 valence electrons. The third kappa shape index (κ3) is 3.10. The number of H-pyrrole nitrogens is 1. The van der Waals surface area contributed by atoms with Crippen LogP contribution in [0.2, 0.25) is 0 Å². The molecular formula is C21H13F3N6. The quantitative estimate of drug-likeness (QED) is 0.423. The van der Waals surface area contributed by atoms with Gasteiger partial charge in [-0.15, -0.1) is 0 Å². The van der Waals surface area contributed by atoms with Gasteiger partial charge in [-0.05, 0) is 30.3 Å². The van der Waals surface area contributed by atoms with Crippen LogP contribution in [-0.4, -0.2) is 25.1 Å². The molecule has 5 rings (SSSR count). The first-order chi connectivity index (χ1) is 14.5. The molecule has 0 aliphatic heterocycles. The summed E-state index contributed by atoms with van der Waals surface area (Å²) in [5.41, 5.74) is 0.940. The molecule has 30 heavy (non-hydrogen) atoms. The molecule has 2 N–H and O–H groups in total. The van der Waals surface area contributed by atoms with Gasteiger partial charge in [0, 0.05) is 17.1 Å². The number of aromatic nitrogens is 5. The number of benzene rings is 2. The van der Waals surface area contributed by atoms with Gasteiger partial charge in [0.1, 0.15) is 11.3 Å². The topological polar surface area (TPSA) is 79.4 Å². The standard InChI is InChI=1S/C21H13F3N6/c22-21(23,24)14-8-3-1-6-12(14)18-26-15-9-4-2-7-13(15)19(27-18)28-20-17-16(29-30-20)10-5-11-25-17/h1-11H,(H2,26,27,28,29,30). The molecule has 0 fully saturated rings. The summed E-state index contributed by atoms with van der Waals surface area (Å²) in [4.78, 5) is 13.1. The molecule has 0 saturated heterocycles. The van der Waals surface area contributed by atoms with Crippen LogP contribution in [0.25, 0.3) is 33.3 Å². The monoisotopic (exact) mass is 406 g/mol. The van der Waals surface area contributed by atoms with E-state index in [0.717, 1.165) is 11.6 Å². The Bertz CT molecular complexity index is 1380. The van der Waals surface area contributed by atoms with Gasteiger partial charge in [0.25, 0.3) is 0 Å². The van der Waals surface area contributed by atoms with E-state index in [-0.39, 0.29) is 11.4 Å². The molecule has 0 aliphatic rings. The van der Waals surface area contributed by atoms with Crippen molar-refractivity contribution in [1.29, 1.82) is 0 Å². The van der Waals surface area contributed by atoms with Gasteiger partial charge in [0.05, 0.1) is 16.6 Å². The summed E-state index contributed by atoms with van der Waals surface area (Å²) in [5, 5.41) is 10.8. The number of pyridine rings is 1. The molecule has 0 spiro atoms. The van der Waals surface area contributed by atoms with E-state index in [4.69, 9.17) is 0 Å². The number of alkyl halides is 3. The lowest BCUT2D eigenvalue weighted by atomic mass is 10.1. The molecular weight excluding hydrogens is 393 g/mol. The number of fused-ring (bicyclic) bond motifs is 2. The Kier molecular flexibility index (Phi) is 4.09. The first-order valence-electron chi connectivity index (χ1n) is 9.00. The summed E-state index contributed by atoms with van der Waals surface area (Å²) in [5.74, 6) is 0.730. The number of anilines is 2. The Balaban J connectivity index is 1.70. The zero-order valence-corrected chi connectivity index (χ0v) is 15.3. The summed E-state index contributed by atoms with van der Waals surface area (Å²) in [6.45, 7) is 0. The van der Waals surface area contributed by atoms with Crippen molar-refractivity contribution in [3.05, 3.63) is 72.4 Å². The third-order valence-electron chi connectivity index (χ3n) is 4.63. The number of para-hydroxylation sites is 1. The first-order valence-corrected chi connectivity index (χ1v) is 9.00. The van der Waals surface area contributed by atoms with Gasteiger partial charge in [-0.3, -0.25) is 10.1 Å². The van der Waals surface area contributed by atoms with Crippen LogP contribution in [-0.2, 0) is 6.18 Å². The van der Waals surface area contributed by atoms with E-state index in [1.807, 2.05) is 6.07 Å². The predicted octanol–water partition coefficient (Wildman–Crippen LogP) is 5.33. The lowest BCUT2D eigenvalue weighted by molar-refractivity contribution is -0.137. The molecule has 0 amide bonds. The number of nitrogens with one attached hydrogen (secondary N) is 2. The molecule has 0 saturated carbocycles. The number of nitrogens with zero attached hydrogens (tertiary/aromatic N) is 4. The fraction of sp³-hybridized carbons (Fsp3) is 0.0476. The highest BCUT2D eigenvalue weighted by molar-refractivity contribution is 5.95. The van der Waals surface area contributed by atoms with E-state index in [1.165, 1.54) is 18.2 Å². The van der Waals surface area contributed by atoms with E-state index in [0.29, 0.717) is 28.1 Å². The smallest absolute Gasteiger partial charge is 0.321 e. The van der Waals surface area contributed by atoms with Crippen molar-refractivity contribution in [3.63, 3.8) is 0 Å². The van der Waals surface area contributed by atoms with Crippen LogP contribution in [0, 0.1) is 0 Å². The lowest BCUT2D eigenvalue weighted by Crippen LogP contribution is -2.08. The van der Waals surface area contributed by atoms with Gasteiger partial charge >= 0.3 is 6.18 Å². The normalized spacial score (nSPS) is 11.8. The molecule has 0 radical (unpaired) electrons. The Morgan fingerprint density at radius 1 is 0.833 bits per heavy atom. The molecule has 6 nitrogen and oxygen atoms in total. The number of aromatic amines is 1. The van der Waals surface area contributed by atoms with Crippen LogP contribution < -0.4 is 5.32 Å². The van der Waals surface area contributed by atoms with Crippen LogP contribution >= 0.6 is 0 Å². The zero-order valence-electron chi connectivity index (χ0n) is 15.3. The molecule has 0 unspecified atom stereocenters. The van der Waals surface area contributed by atoms with Crippen LogP contribution in [0.3, 0.4) is 0 Å². The average Bonchev–Trinajstić information content (AvgIpc) is 3.16. The second-order valence-electron chi connectivity index (χ2n) is 6.55. The predicted molar refractivity (Wildman–Crippen MR) is 107 cm³/mol. The number of hydrogen-bond donors (Lipinski definition) is 2. The van der Waals surface area contributed by atoms with Crippen molar-refractivity contribution >= 4 is 33.6 Å². The maximum Gasteiger partial charge on any atom is 0.417 e. The van der Waals surface area contributed by atoms with Crippen molar-refractivity contribution < 1.29 is 13.2 Å². The van der Waals surface area contributed by atoms with Crippen molar-refractivity contribution in [1.82, 2.24) is 25.1 Å². The first kappa shape index (κ1) is 18.0. The Labute approximate surface area is 167 Å². The van der Waals surface area contributed by atoms with Crippen molar-refractivity contribution in [2.45, 2.75) is 6.18 Å². The van der Waals surface area contributed by atoms with Gasteiger partial charge in [0.15, 0.2) is 11.6 Å². The lowest BCUT2D eigenvalue weighted by Gasteiger charge is -2.14. The highest BCUT2D eigenvalue weighted by Crippen LogP contribution is 2.37. The fourth-order valence-electron chi connectivity index (χ4n) is 3.27. The van der Waals surface area contributed by atoms with E-state index in [9.17, 15) is 13.2 Å². The number of rotatable bonds is 3. The summed E-state index contributed by atoms with van der Waals surface area (Å²) < 4.78 is 40.6. The SMILES string of the molecule is FC(F)(F)c1ccccc1-c1nc(Nc2n[nH]c3cccnc23)c2ccccc2n1. The minimum Gasteiger partial charge on any atom is -0.321 e. The van der Waals surface area contributed by atoms with E-state index >= 15 is 0 Å². The van der Waals surface area contributed by atoms with Gasteiger partial charge in [-0.1, -0.05) is 30.3 Å². The summed E-state index contributed by atoms with van der Waals surface area (Å²) in [6, 6.07) is 15.9. The summed E-state index contributed by atoms with van der Waals surface area (Å²) >= 11 is 0. The maximum atomic E-state index is 13.5. The van der Waals surface area contributed by atoms with E-state index in [2.05, 4.69) is 30.5 Å². The molecule has 3 aromatic heterocycles. The van der Waals surface area contributed by atoms with Gasteiger partial charge in [0.2, 0.25) is 0 Å². The van der Waals surface area contributed by atoms with Crippen LogP contribution in [0.5, 0.6) is 0 Å². The fourth-order valence-corrected chi connectivity index (χ4v) is 3.27. The maximum absolute atomic E-state index is 13.5. The second kappa shape index (κ2) is 6.80. The van der Waals surface area contributed by atoms with Crippen molar-refractivity contribution in [2.24, 2.45) is 0 Å². The Hall–Kier alpha value is -4.01. The molecule has 0 aliphatic carbocycles. The zero-order chi connectivity index (χ0) is 20.7. The van der Waals surface area contributed by atoms with E-state index < -0.39 is 11.7 Å². The Morgan fingerprint density at radius 2 is 1.63 bits per heavy atom. The van der Waals surface area contributed by atoms with Crippen LogP contribution in [0.1, 0.15) is 5.56 Å². The highest BCUT2D eigenvalue weighted by atomic mass is 19.4.